The molecule has 134 valence electrons. The number of nitrogens with one attached hydrogen (secondary N) is 2. The molecule has 3 rings (SSSR count). The number of nitriles is 1. The van der Waals surface area contributed by atoms with Gasteiger partial charge in [0.15, 0.2) is 12.3 Å². The van der Waals surface area contributed by atoms with Crippen LogP contribution in [0.25, 0.3) is 0 Å². The van der Waals surface area contributed by atoms with Gasteiger partial charge in [-0.2, -0.15) is 5.26 Å². The van der Waals surface area contributed by atoms with Crippen LogP contribution in [-0.4, -0.2) is 49.4 Å². The van der Waals surface area contributed by atoms with E-state index in [4.69, 9.17) is 21.3 Å². The predicted molar refractivity (Wildman–Crippen MR) is 95.0 cm³/mol. The van der Waals surface area contributed by atoms with Crippen molar-refractivity contribution in [2.75, 3.05) is 38.0 Å². The molecule has 1 aromatic heterocycles. The Morgan fingerprint density at radius 2 is 2.08 bits per heavy atom. The summed E-state index contributed by atoms with van der Waals surface area (Å²) in [5.74, 6) is 0.0844. The van der Waals surface area contributed by atoms with E-state index in [1.165, 1.54) is 6.26 Å². The summed E-state index contributed by atoms with van der Waals surface area (Å²) in [6.07, 6.45) is 1.48. The van der Waals surface area contributed by atoms with Gasteiger partial charge in [0.2, 0.25) is 0 Å². The number of hydrogen-bond acceptors (Lipinski definition) is 4. The van der Waals surface area contributed by atoms with Gasteiger partial charge < -0.3 is 19.5 Å². The van der Waals surface area contributed by atoms with Crippen molar-refractivity contribution in [1.29, 1.82) is 5.26 Å². The molecule has 26 heavy (non-hydrogen) atoms. The van der Waals surface area contributed by atoms with Crippen molar-refractivity contribution < 1.29 is 18.9 Å². The third kappa shape index (κ3) is 4.23. The molecule has 0 saturated carbocycles. The molecule has 2 heterocycles. The van der Waals surface area contributed by atoms with E-state index >= 15 is 0 Å². The van der Waals surface area contributed by atoms with Gasteiger partial charge in [-0.1, -0.05) is 11.6 Å². The highest BCUT2D eigenvalue weighted by atomic mass is 35.5. The molecule has 0 spiro atoms. The molecule has 2 aromatic rings. The molecule has 1 saturated heterocycles. The van der Waals surface area contributed by atoms with Crippen molar-refractivity contribution in [3.63, 3.8) is 0 Å². The van der Waals surface area contributed by atoms with Gasteiger partial charge in [0.1, 0.15) is 6.07 Å². The van der Waals surface area contributed by atoms with E-state index in [-0.39, 0.29) is 11.8 Å². The summed E-state index contributed by atoms with van der Waals surface area (Å²) >= 11 is 5.97. The Labute approximate surface area is 155 Å². The number of benzene rings is 1. The molecule has 8 heteroatoms. The van der Waals surface area contributed by atoms with Crippen LogP contribution < -0.4 is 10.2 Å². The normalized spacial score (nSPS) is 14.7. The first kappa shape index (κ1) is 18.0. The molecule has 0 aliphatic carbocycles. The van der Waals surface area contributed by atoms with Crippen LogP contribution in [-0.2, 0) is 4.79 Å². The third-order valence-corrected chi connectivity index (χ3v) is 4.59. The van der Waals surface area contributed by atoms with Crippen LogP contribution >= 0.6 is 11.6 Å². The number of quaternary nitrogens is 1. The van der Waals surface area contributed by atoms with Crippen molar-refractivity contribution >= 4 is 29.1 Å². The quantitative estimate of drug-likeness (QED) is 0.828. The van der Waals surface area contributed by atoms with Crippen molar-refractivity contribution in [3.05, 3.63) is 52.9 Å². The second kappa shape index (κ2) is 8.04. The molecule has 2 N–H and O–H groups in total. The lowest BCUT2D eigenvalue weighted by atomic mass is 10.2. The second-order valence-electron chi connectivity index (χ2n) is 6.05. The molecule has 0 radical (unpaired) electrons. The molecular formula is C18H18ClN4O3+. The van der Waals surface area contributed by atoms with Crippen molar-refractivity contribution in [2.45, 2.75) is 0 Å². The minimum Gasteiger partial charge on any atom is -0.459 e. The Kier molecular flexibility index (Phi) is 5.56. The van der Waals surface area contributed by atoms with Crippen molar-refractivity contribution in [3.8, 4) is 6.07 Å². The summed E-state index contributed by atoms with van der Waals surface area (Å²) in [6, 6.07) is 10.1. The van der Waals surface area contributed by atoms with E-state index in [0.29, 0.717) is 54.8 Å². The van der Waals surface area contributed by atoms with Crippen LogP contribution in [0.2, 0.25) is 5.02 Å². The number of carbonyl (C=O) groups is 2. The number of rotatable bonds is 4. The fourth-order valence-electron chi connectivity index (χ4n) is 2.87. The Hall–Kier alpha value is -2.82. The molecule has 0 atom stereocenters. The predicted octanol–water partition coefficient (Wildman–Crippen LogP) is 0.784. The van der Waals surface area contributed by atoms with Gasteiger partial charge in [0.05, 0.1) is 43.0 Å². The zero-order valence-corrected chi connectivity index (χ0v) is 14.8. The first-order valence-electron chi connectivity index (χ1n) is 8.22. The molecule has 1 aliphatic heterocycles. The Morgan fingerprint density at radius 3 is 2.69 bits per heavy atom. The SMILES string of the molecule is N#Cc1ccc(NC(=O)C[NH+]2CCN(C(=O)c3ccco3)CC2)cc1Cl. The lowest BCUT2D eigenvalue weighted by Gasteiger charge is -2.31. The van der Waals surface area contributed by atoms with Gasteiger partial charge in [-0.3, -0.25) is 9.59 Å². The number of hydrogen-bond donors (Lipinski definition) is 2. The van der Waals surface area contributed by atoms with Gasteiger partial charge in [0, 0.05) is 5.69 Å². The molecule has 7 nitrogen and oxygen atoms in total. The molecular weight excluding hydrogens is 356 g/mol. The van der Waals surface area contributed by atoms with Crippen LogP contribution in [0.3, 0.4) is 0 Å². The fraction of sp³-hybridized carbons (Fsp3) is 0.278. The van der Waals surface area contributed by atoms with Crippen molar-refractivity contribution in [2.24, 2.45) is 0 Å². The Bertz CT molecular complexity index is 837. The lowest BCUT2D eigenvalue weighted by Crippen LogP contribution is -3.15. The summed E-state index contributed by atoms with van der Waals surface area (Å²) < 4.78 is 5.14. The zero-order chi connectivity index (χ0) is 18.5. The van der Waals surface area contributed by atoms with Crippen LogP contribution in [0.1, 0.15) is 16.1 Å². The summed E-state index contributed by atoms with van der Waals surface area (Å²) in [4.78, 5) is 27.3. The topological polar surface area (TPSA) is 90.8 Å². The Morgan fingerprint density at radius 1 is 1.31 bits per heavy atom. The minimum atomic E-state index is -0.133. The minimum absolute atomic E-state index is 0.120. The monoisotopic (exact) mass is 373 g/mol. The smallest absolute Gasteiger partial charge is 0.289 e. The van der Waals surface area contributed by atoms with Crippen LogP contribution in [0.5, 0.6) is 0 Å². The Balaban J connectivity index is 1.48. The number of anilines is 1. The van der Waals surface area contributed by atoms with Gasteiger partial charge in [-0.15, -0.1) is 0 Å². The average molecular weight is 374 g/mol. The van der Waals surface area contributed by atoms with Gasteiger partial charge in [-0.25, -0.2) is 0 Å². The highest BCUT2D eigenvalue weighted by Crippen LogP contribution is 2.19. The third-order valence-electron chi connectivity index (χ3n) is 4.27. The van der Waals surface area contributed by atoms with Gasteiger partial charge in [0.25, 0.3) is 11.8 Å². The number of piperazine rings is 1. The largest absolute Gasteiger partial charge is 0.459 e. The first-order valence-corrected chi connectivity index (χ1v) is 8.60. The molecule has 1 fully saturated rings. The summed E-state index contributed by atoms with van der Waals surface area (Å²) in [5.41, 5.74) is 0.928. The van der Waals surface area contributed by atoms with E-state index in [0.717, 1.165) is 4.90 Å². The van der Waals surface area contributed by atoms with Crippen LogP contribution in [0, 0.1) is 11.3 Å². The maximum Gasteiger partial charge on any atom is 0.289 e. The van der Waals surface area contributed by atoms with E-state index in [9.17, 15) is 9.59 Å². The lowest BCUT2D eigenvalue weighted by molar-refractivity contribution is -0.895. The number of nitrogens with zero attached hydrogens (tertiary/aromatic N) is 2. The van der Waals surface area contributed by atoms with E-state index < -0.39 is 0 Å². The first-order chi connectivity index (χ1) is 12.6. The summed E-state index contributed by atoms with van der Waals surface area (Å²) in [5, 5.41) is 12.0. The summed E-state index contributed by atoms with van der Waals surface area (Å²) in [7, 11) is 0. The highest BCUT2D eigenvalue weighted by molar-refractivity contribution is 6.32. The number of amides is 2. The van der Waals surface area contributed by atoms with E-state index in [1.54, 1.807) is 35.2 Å². The summed E-state index contributed by atoms with van der Waals surface area (Å²) in [6.45, 7) is 2.83. The standard InChI is InChI=1S/C18H17ClN4O3/c19-15-10-14(4-3-13(15)11-20)21-17(24)12-22-5-7-23(8-6-22)18(25)16-2-1-9-26-16/h1-4,9-10H,5-8,12H2,(H,21,24)/p+1. The molecule has 2 amide bonds. The van der Waals surface area contributed by atoms with E-state index in [2.05, 4.69) is 5.32 Å². The van der Waals surface area contributed by atoms with Crippen LogP contribution in [0.4, 0.5) is 5.69 Å². The molecule has 0 unspecified atom stereocenters. The fourth-order valence-corrected chi connectivity index (χ4v) is 3.10. The zero-order valence-electron chi connectivity index (χ0n) is 14.0. The maximum atomic E-state index is 12.2. The van der Waals surface area contributed by atoms with E-state index in [1.807, 2.05) is 6.07 Å². The maximum absolute atomic E-state index is 12.2. The average Bonchev–Trinajstić information content (AvgIpc) is 3.16. The van der Waals surface area contributed by atoms with Crippen molar-refractivity contribution in [1.82, 2.24) is 4.90 Å². The number of halogens is 1. The highest BCUT2D eigenvalue weighted by Gasteiger charge is 2.27. The number of furan rings is 1. The second-order valence-corrected chi connectivity index (χ2v) is 6.46. The molecule has 0 bridgehead atoms. The molecule has 1 aromatic carbocycles. The molecule has 1 aliphatic rings. The number of carbonyl (C=O) groups excluding carboxylic acids is 2. The van der Waals surface area contributed by atoms with Crippen LogP contribution in [0.15, 0.2) is 41.0 Å². The van der Waals surface area contributed by atoms with Gasteiger partial charge >= 0.3 is 0 Å². The van der Waals surface area contributed by atoms with Gasteiger partial charge in [-0.05, 0) is 30.3 Å².